The molecule has 0 fully saturated rings. The molecule has 0 aliphatic heterocycles. The monoisotopic (exact) mass is 271 g/mol. The van der Waals surface area contributed by atoms with Gasteiger partial charge in [-0.1, -0.05) is 31.2 Å². The molecule has 1 aromatic carbocycles. The van der Waals surface area contributed by atoms with Crippen LogP contribution in [0.1, 0.15) is 29.4 Å². The summed E-state index contributed by atoms with van der Waals surface area (Å²) in [7, 11) is 4.08. The molecule has 2 rings (SSSR count). The molecular weight excluding hydrogens is 246 g/mol. The van der Waals surface area contributed by atoms with Crippen LogP contribution in [0.25, 0.3) is 0 Å². The van der Waals surface area contributed by atoms with Gasteiger partial charge in [0.1, 0.15) is 0 Å². The largest absolute Gasteiger partial charge is 0.316 e. The van der Waals surface area contributed by atoms with E-state index in [1.54, 1.807) is 0 Å². The van der Waals surface area contributed by atoms with E-state index in [1.807, 2.05) is 18.8 Å². The molecule has 1 atom stereocenters. The Hall–Kier alpha value is -1.61. The maximum atomic E-state index is 4.53. The van der Waals surface area contributed by atoms with Crippen molar-refractivity contribution in [3.63, 3.8) is 0 Å². The Bertz CT molecular complexity index is 557. The lowest BCUT2D eigenvalue weighted by Crippen LogP contribution is -2.31. The van der Waals surface area contributed by atoms with Gasteiger partial charge in [0.25, 0.3) is 0 Å². The quantitative estimate of drug-likeness (QED) is 0.875. The first kappa shape index (κ1) is 14.8. The van der Waals surface area contributed by atoms with Gasteiger partial charge in [0.15, 0.2) is 0 Å². The van der Waals surface area contributed by atoms with Crippen molar-refractivity contribution in [2.75, 3.05) is 7.05 Å². The van der Waals surface area contributed by atoms with Gasteiger partial charge in [-0.05, 0) is 44.0 Å². The minimum Gasteiger partial charge on any atom is -0.316 e. The van der Waals surface area contributed by atoms with Crippen LogP contribution in [0.4, 0.5) is 0 Å². The Balaban J connectivity index is 2.09. The van der Waals surface area contributed by atoms with Crippen LogP contribution in [-0.4, -0.2) is 22.9 Å². The molecule has 20 heavy (non-hydrogen) atoms. The first-order chi connectivity index (χ1) is 9.63. The lowest BCUT2D eigenvalue weighted by atomic mass is 9.98. The second-order valence-electron chi connectivity index (χ2n) is 5.42. The van der Waals surface area contributed by atoms with Crippen LogP contribution < -0.4 is 5.32 Å². The normalized spacial score (nSPS) is 12.6. The van der Waals surface area contributed by atoms with E-state index in [-0.39, 0.29) is 0 Å². The van der Waals surface area contributed by atoms with Gasteiger partial charge in [-0.25, -0.2) is 0 Å². The summed E-state index contributed by atoms with van der Waals surface area (Å²) in [6.45, 7) is 4.33. The standard InChI is InChI=1S/C17H25N3/c1-5-15-11-17(20(4)19-15)12-16(18-3)10-14-9-7-6-8-13(14)2/h6-9,11,16,18H,5,10,12H2,1-4H3. The van der Waals surface area contributed by atoms with Crippen molar-refractivity contribution in [2.45, 2.75) is 39.2 Å². The molecule has 1 aromatic heterocycles. The van der Waals surface area contributed by atoms with Crippen LogP contribution >= 0.6 is 0 Å². The number of hydrogen-bond donors (Lipinski definition) is 1. The highest BCUT2D eigenvalue weighted by Crippen LogP contribution is 2.13. The molecule has 0 saturated heterocycles. The molecule has 1 unspecified atom stereocenters. The van der Waals surface area contributed by atoms with Crippen molar-refractivity contribution in [3.8, 4) is 0 Å². The van der Waals surface area contributed by atoms with Crippen LogP contribution in [0, 0.1) is 6.92 Å². The van der Waals surface area contributed by atoms with Gasteiger partial charge in [-0.3, -0.25) is 4.68 Å². The Morgan fingerprint density at radius 1 is 1.25 bits per heavy atom. The predicted octanol–water partition coefficient (Wildman–Crippen LogP) is 2.66. The highest BCUT2D eigenvalue weighted by atomic mass is 15.3. The van der Waals surface area contributed by atoms with Crippen LogP contribution in [-0.2, 0) is 26.3 Å². The van der Waals surface area contributed by atoms with Crippen LogP contribution in [0.5, 0.6) is 0 Å². The number of hydrogen-bond acceptors (Lipinski definition) is 2. The summed E-state index contributed by atoms with van der Waals surface area (Å²) in [5.74, 6) is 0. The number of likely N-dealkylation sites (N-methyl/N-ethyl adjacent to an activating group) is 1. The van der Waals surface area contributed by atoms with E-state index >= 15 is 0 Å². The summed E-state index contributed by atoms with van der Waals surface area (Å²) in [6.07, 6.45) is 3.06. The minimum atomic E-state index is 0.441. The van der Waals surface area contributed by atoms with Crippen molar-refractivity contribution in [3.05, 3.63) is 52.8 Å². The number of nitrogens with one attached hydrogen (secondary N) is 1. The fourth-order valence-corrected chi connectivity index (χ4v) is 2.57. The lowest BCUT2D eigenvalue weighted by Gasteiger charge is -2.17. The smallest absolute Gasteiger partial charge is 0.0624 e. The van der Waals surface area contributed by atoms with E-state index in [9.17, 15) is 0 Å². The first-order valence-electron chi connectivity index (χ1n) is 7.37. The summed E-state index contributed by atoms with van der Waals surface area (Å²) >= 11 is 0. The van der Waals surface area contributed by atoms with Crippen molar-refractivity contribution in [2.24, 2.45) is 7.05 Å². The second-order valence-corrected chi connectivity index (χ2v) is 5.42. The average molecular weight is 271 g/mol. The van der Waals surface area contributed by atoms with Crippen molar-refractivity contribution >= 4 is 0 Å². The molecule has 0 amide bonds. The SMILES string of the molecule is CCc1cc(CC(Cc2ccccc2C)NC)n(C)n1. The van der Waals surface area contributed by atoms with E-state index in [0.29, 0.717) is 6.04 Å². The van der Waals surface area contributed by atoms with Crippen molar-refractivity contribution < 1.29 is 0 Å². The zero-order chi connectivity index (χ0) is 14.5. The van der Waals surface area contributed by atoms with Gasteiger partial charge in [0.05, 0.1) is 5.69 Å². The molecule has 0 bridgehead atoms. The number of aryl methyl sites for hydroxylation is 3. The van der Waals surface area contributed by atoms with E-state index < -0.39 is 0 Å². The zero-order valence-corrected chi connectivity index (χ0v) is 13.0. The number of aromatic nitrogens is 2. The lowest BCUT2D eigenvalue weighted by molar-refractivity contribution is 0.532. The maximum Gasteiger partial charge on any atom is 0.0624 e. The molecule has 0 saturated carbocycles. The van der Waals surface area contributed by atoms with Crippen LogP contribution in [0.15, 0.2) is 30.3 Å². The summed E-state index contributed by atoms with van der Waals surface area (Å²) in [6, 6.07) is 11.3. The highest BCUT2D eigenvalue weighted by Gasteiger charge is 2.13. The second kappa shape index (κ2) is 6.71. The third kappa shape index (κ3) is 3.48. The van der Waals surface area contributed by atoms with Crippen molar-refractivity contribution in [1.29, 1.82) is 0 Å². The Morgan fingerprint density at radius 2 is 2.00 bits per heavy atom. The van der Waals surface area contributed by atoms with E-state index in [4.69, 9.17) is 0 Å². The summed E-state index contributed by atoms with van der Waals surface area (Å²) in [4.78, 5) is 0. The molecule has 0 radical (unpaired) electrons. The number of nitrogens with zero attached hydrogens (tertiary/aromatic N) is 2. The molecule has 3 heteroatoms. The third-order valence-corrected chi connectivity index (χ3v) is 3.98. The van der Waals surface area contributed by atoms with Gasteiger partial charge in [0, 0.05) is 25.2 Å². The van der Waals surface area contributed by atoms with Gasteiger partial charge < -0.3 is 5.32 Å². The van der Waals surface area contributed by atoms with E-state index in [0.717, 1.165) is 19.3 Å². The topological polar surface area (TPSA) is 29.9 Å². The van der Waals surface area contributed by atoms with Gasteiger partial charge in [0.2, 0.25) is 0 Å². The predicted molar refractivity (Wildman–Crippen MR) is 84.0 cm³/mol. The van der Waals surface area contributed by atoms with Gasteiger partial charge in [-0.15, -0.1) is 0 Å². The summed E-state index contributed by atoms with van der Waals surface area (Å²) in [5.41, 5.74) is 5.26. The molecule has 0 aliphatic carbocycles. The Morgan fingerprint density at radius 3 is 2.60 bits per heavy atom. The average Bonchev–Trinajstić information content (AvgIpc) is 2.81. The molecular formula is C17H25N3. The Kier molecular flexibility index (Phi) is 4.96. The molecule has 0 spiro atoms. The number of benzene rings is 1. The molecule has 1 N–H and O–H groups in total. The van der Waals surface area contributed by atoms with Crippen molar-refractivity contribution in [1.82, 2.24) is 15.1 Å². The molecule has 108 valence electrons. The maximum absolute atomic E-state index is 4.53. The molecule has 0 aliphatic rings. The van der Waals surface area contributed by atoms with Gasteiger partial charge >= 0.3 is 0 Å². The van der Waals surface area contributed by atoms with Gasteiger partial charge in [-0.2, -0.15) is 5.10 Å². The molecule has 3 nitrogen and oxygen atoms in total. The van der Waals surface area contributed by atoms with Crippen LogP contribution in [0.2, 0.25) is 0 Å². The summed E-state index contributed by atoms with van der Waals surface area (Å²) < 4.78 is 2.01. The first-order valence-corrected chi connectivity index (χ1v) is 7.37. The molecule has 2 aromatic rings. The Labute approximate surface area is 122 Å². The minimum absolute atomic E-state index is 0.441. The van der Waals surface area contributed by atoms with E-state index in [2.05, 4.69) is 54.6 Å². The molecule has 1 heterocycles. The summed E-state index contributed by atoms with van der Waals surface area (Å²) in [5, 5.41) is 7.97. The third-order valence-electron chi connectivity index (χ3n) is 3.98. The fourth-order valence-electron chi connectivity index (χ4n) is 2.57. The highest BCUT2D eigenvalue weighted by molar-refractivity contribution is 5.26. The zero-order valence-electron chi connectivity index (χ0n) is 13.0. The fraction of sp³-hybridized carbons (Fsp3) is 0.471. The van der Waals surface area contributed by atoms with Crippen LogP contribution in [0.3, 0.4) is 0 Å². The number of rotatable bonds is 6. The van der Waals surface area contributed by atoms with E-state index in [1.165, 1.54) is 22.5 Å².